The number of phenols is 1. The van der Waals surface area contributed by atoms with Crippen molar-refractivity contribution in [3.8, 4) is 5.75 Å². The first-order chi connectivity index (χ1) is 11.8. The summed E-state index contributed by atoms with van der Waals surface area (Å²) in [6, 6.07) is 7.93. The molecule has 0 saturated heterocycles. The van der Waals surface area contributed by atoms with E-state index in [2.05, 4.69) is 26.3 Å². The number of aliphatic imine (C=N–C) groups is 1. The molecule has 0 unspecified atom stereocenters. The van der Waals surface area contributed by atoms with Crippen LogP contribution in [0, 0.1) is 0 Å². The van der Waals surface area contributed by atoms with Gasteiger partial charge in [0.15, 0.2) is 5.96 Å². The van der Waals surface area contributed by atoms with Crippen LogP contribution in [0.3, 0.4) is 0 Å². The third kappa shape index (κ3) is 3.91. The van der Waals surface area contributed by atoms with E-state index in [1.54, 1.807) is 7.05 Å². The van der Waals surface area contributed by atoms with Gasteiger partial charge in [0, 0.05) is 44.6 Å². The third-order valence-electron chi connectivity index (χ3n) is 4.61. The monoisotopic (exact) mass is 326 g/mol. The number of guanidine groups is 1. The molecule has 0 atom stereocenters. The Hall–Kier alpha value is -2.43. The zero-order chi connectivity index (χ0) is 16.8. The fourth-order valence-electron chi connectivity index (χ4n) is 3.30. The Bertz CT molecular complexity index is 692. The van der Waals surface area contributed by atoms with Gasteiger partial charge in [-0.15, -0.1) is 0 Å². The summed E-state index contributed by atoms with van der Waals surface area (Å²) in [7, 11) is 1.77. The Morgan fingerprint density at radius 3 is 2.75 bits per heavy atom. The van der Waals surface area contributed by atoms with Crippen LogP contribution in [0.1, 0.15) is 29.5 Å². The van der Waals surface area contributed by atoms with Crippen molar-refractivity contribution < 1.29 is 5.11 Å². The van der Waals surface area contributed by atoms with Crippen molar-refractivity contribution in [1.29, 1.82) is 0 Å². The first kappa shape index (κ1) is 16.4. The first-order valence-corrected chi connectivity index (χ1v) is 8.66. The van der Waals surface area contributed by atoms with Gasteiger partial charge < -0.3 is 20.3 Å². The Balaban J connectivity index is 1.57. The van der Waals surface area contributed by atoms with E-state index in [1.807, 2.05) is 30.6 Å². The molecule has 1 aliphatic rings. The van der Waals surface area contributed by atoms with Crippen molar-refractivity contribution in [3.63, 3.8) is 0 Å². The van der Waals surface area contributed by atoms with E-state index in [1.165, 1.54) is 24.0 Å². The molecule has 2 aromatic rings. The normalized spacial score (nSPS) is 14.3. The fraction of sp³-hybridized carbons (Fsp3) is 0.421. The smallest absolute Gasteiger partial charge is 0.191 e. The summed E-state index contributed by atoms with van der Waals surface area (Å²) in [4.78, 5) is 4.27. The molecule has 5 heteroatoms. The van der Waals surface area contributed by atoms with Gasteiger partial charge in [-0.25, -0.2) is 0 Å². The standard InChI is InChI=1S/C19H26N4O/c1-20-19(21-10-13-23-11-4-5-12-23)22-14-17-16-7-3-2-6-15(16)8-9-18(17)24/h4-5,8-9,11-12,24H,2-3,6-7,10,13-14H2,1H3,(H2,20,21,22). The molecule has 0 amide bonds. The highest BCUT2D eigenvalue weighted by atomic mass is 16.3. The van der Waals surface area contributed by atoms with Gasteiger partial charge in [-0.05, 0) is 55.0 Å². The quantitative estimate of drug-likeness (QED) is 0.584. The Morgan fingerprint density at radius 1 is 1.17 bits per heavy atom. The largest absolute Gasteiger partial charge is 0.508 e. The Morgan fingerprint density at radius 2 is 1.96 bits per heavy atom. The molecule has 1 aromatic carbocycles. The number of hydrogen-bond donors (Lipinski definition) is 3. The van der Waals surface area contributed by atoms with Crippen LogP contribution in [-0.4, -0.2) is 29.2 Å². The molecule has 24 heavy (non-hydrogen) atoms. The maximum Gasteiger partial charge on any atom is 0.191 e. The second-order valence-electron chi connectivity index (χ2n) is 6.18. The molecule has 3 rings (SSSR count). The van der Waals surface area contributed by atoms with Crippen molar-refractivity contribution in [3.05, 3.63) is 53.3 Å². The SMILES string of the molecule is CN=C(NCCn1cccc1)NCc1c(O)ccc2c1CCCC2. The van der Waals surface area contributed by atoms with E-state index in [0.717, 1.165) is 37.5 Å². The molecule has 1 heterocycles. The summed E-state index contributed by atoms with van der Waals surface area (Å²) < 4.78 is 2.12. The molecule has 0 bridgehead atoms. The lowest BCUT2D eigenvalue weighted by Crippen LogP contribution is -2.38. The van der Waals surface area contributed by atoms with E-state index in [4.69, 9.17) is 0 Å². The fourth-order valence-corrected chi connectivity index (χ4v) is 3.30. The minimum absolute atomic E-state index is 0.381. The minimum Gasteiger partial charge on any atom is -0.508 e. The number of nitrogens with one attached hydrogen (secondary N) is 2. The van der Waals surface area contributed by atoms with Crippen molar-refractivity contribution in [1.82, 2.24) is 15.2 Å². The lowest BCUT2D eigenvalue weighted by molar-refractivity contribution is 0.464. The average molecular weight is 326 g/mol. The molecular weight excluding hydrogens is 300 g/mol. The van der Waals surface area contributed by atoms with Crippen LogP contribution in [0.2, 0.25) is 0 Å². The highest BCUT2D eigenvalue weighted by molar-refractivity contribution is 5.79. The number of fused-ring (bicyclic) bond motifs is 1. The van der Waals surface area contributed by atoms with E-state index in [9.17, 15) is 5.11 Å². The van der Waals surface area contributed by atoms with Crippen LogP contribution in [-0.2, 0) is 25.9 Å². The van der Waals surface area contributed by atoms with Crippen molar-refractivity contribution in [2.24, 2.45) is 4.99 Å². The lowest BCUT2D eigenvalue weighted by Gasteiger charge is -2.21. The number of phenolic OH excluding ortho intramolecular Hbond substituents is 1. The number of aromatic nitrogens is 1. The second kappa shape index (κ2) is 7.90. The molecule has 1 aromatic heterocycles. The minimum atomic E-state index is 0.381. The molecule has 128 valence electrons. The highest BCUT2D eigenvalue weighted by Crippen LogP contribution is 2.30. The van der Waals surface area contributed by atoms with Crippen molar-refractivity contribution >= 4 is 5.96 Å². The second-order valence-corrected chi connectivity index (χ2v) is 6.18. The van der Waals surface area contributed by atoms with Gasteiger partial charge >= 0.3 is 0 Å². The van der Waals surface area contributed by atoms with Gasteiger partial charge in [0.25, 0.3) is 0 Å². The lowest BCUT2D eigenvalue weighted by atomic mass is 9.88. The van der Waals surface area contributed by atoms with Gasteiger partial charge in [0.1, 0.15) is 5.75 Å². The van der Waals surface area contributed by atoms with E-state index >= 15 is 0 Å². The van der Waals surface area contributed by atoms with Gasteiger partial charge in [-0.3, -0.25) is 4.99 Å². The topological polar surface area (TPSA) is 61.6 Å². The van der Waals surface area contributed by atoms with E-state index in [0.29, 0.717) is 12.3 Å². The number of nitrogens with zero attached hydrogens (tertiary/aromatic N) is 2. The number of aryl methyl sites for hydroxylation is 1. The number of aromatic hydroxyl groups is 1. The van der Waals surface area contributed by atoms with Crippen LogP contribution in [0.4, 0.5) is 0 Å². The number of hydrogen-bond acceptors (Lipinski definition) is 2. The number of benzene rings is 1. The molecule has 3 N–H and O–H groups in total. The van der Waals surface area contributed by atoms with Crippen molar-refractivity contribution in [2.75, 3.05) is 13.6 Å². The molecule has 0 saturated carbocycles. The molecule has 0 fully saturated rings. The van der Waals surface area contributed by atoms with Crippen LogP contribution in [0.5, 0.6) is 5.75 Å². The first-order valence-electron chi connectivity index (χ1n) is 8.66. The average Bonchev–Trinajstić information content (AvgIpc) is 3.12. The van der Waals surface area contributed by atoms with Crippen molar-refractivity contribution in [2.45, 2.75) is 38.8 Å². The molecule has 1 aliphatic carbocycles. The summed E-state index contributed by atoms with van der Waals surface area (Å²) in [5, 5.41) is 16.9. The molecule has 5 nitrogen and oxygen atoms in total. The van der Waals surface area contributed by atoms with E-state index < -0.39 is 0 Å². The van der Waals surface area contributed by atoms with Crippen LogP contribution < -0.4 is 10.6 Å². The Labute approximate surface area is 143 Å². The summed E-state index contributed by atoms with van der Waals surface area (Å²) >= 11 is 0. The van der Waals surface area contributed by atoms with Gasteiger partial charge in [0.05, 0.1) is 0 Å². The maximum atomic E-state index is 10.2. The third-order valence-corrected chi connectivity index (χ3v) is 4.61. The predicted molar refractivity (Wildman–Crippen MR) is 97.4 cm³/mol. The predicted octanol–water partition coefficient (Wildman–Crippen LogP) is 2.44. The molecule has 0 spiro atoms. The summed E-state index contributed by atoms with van der Waals surface area (Å²) in [6.07, 6.45) is 8.71. The van der Waals surface area contributed by atoms with E-state index in [-0.39, 0.29) is 0 Å². The maximum absolute atomic E-state index is 10.2. The zero-order valence-corrected chi connectivity index (χ0v) is 14.3. The van der Waals surface area contributed by atoms with Crippen LogP contribution in [0.25, 0.3) is 0 Å². The van der Waals surface area contributed by atoms with Gasteiger partial charge in [-0.2, -0.15) is 0 Å². The molecular formula is C19H26N4O. The number of rotatable bonds is 5. The summed E-state index contributed by atoms with van der Waals surface area (Å²) in [5.74, 6) is 1.14. The summed E-state index contributed by atoms with van der Waals surface area (Å²) in [6.45, 7) is 2.28. The van der Waals surface area contributed by atoms with Gasteiger partial charge in [-0.1, -0.05) is 6.07 Å². The molecule has 0 radical (unpaired) electrons. The summed E-state index contributed by atoms with van der Waals surface area (Å²) in [5.41, 5.74) is 3.71. The zero-order valence-electron chi connectivity index (χ0n) is 14.3. The van der Waals surface area contributed by atoms with Gasteiger partial charge in [0.2, 0.25) is 0 Å². The van der Waals surface area contributed by atoms with Crippen LogP contribution >= 0.6 is 0 Å². The Kier molecular flexibility index (Phi) is 5.41. The molecule has 0 aliphatic heterocycles. The van der Waals surface area contributed by atoms with Crippen LogP contribution in [0.15, 0.2) is 41.7 Å². The highest BCUT2D eigenvalue weighted by Gasteiger charge is 2.16.